The smallest absolute Gasteiger partial charge is 0.338 e. The molecule has 0 amide bonds. The predicted octanol–water partition coefficient (Wildman–Crippen LogP) is 3.54. The van der Waals surface area contributed by atoms with Crippen molar-refractivity contribution in [1.29, 1.82) is 0 Å². The molecule has 0 heterocycles. The second-order valence-electron chi connectivity index (χ2n) is 5.51. The Bertz CT molecular complexity index is 475. The van der Waals surface area contributed by atoms with Crippen LogP contribution in [0.3, 0.4) is 0 Å². The molecule has 1 N–H and O–H groups in total. The summed E-state index contributed by atoms with van der Waals surface area (Å²) in [6, 6.07) is 4.77. The molecule has 1 aromatic carbocycles. The summed E-state index contributed by atoms with van der Waals surface area (Å²) >= 11 is 0. The number of carboxylic acids is 1. The number of hydrogen-bond acceptors (Lipinski definition) is 2. The van der Waals surface area contributed by atoms with Gasteiger partial charge in [0.05, 0.1) is 5.56 Å². The van der Waals surface area contributed by atoms with Crippen LogP contribution in [0.15, 0.2) is 18.2 Å². The van der Waals surface area contributed by atoms with Crippen LogP contribution < -0.4 is 4.90 Å². The lowest BCUT2D eigenvalue weighted by molar-refractivity contribution is 0.0692. The zero-order chi connectivity index (χ0) is 14.0. The zero-order valence-electron chi connectivity index (χ0n) is 11.4. The highest BCUT2D eigenvalue weighted by Gasteiger charge is 2.23. The van der Waals surface area contributed by atoms with Gasteiger partial charge in [0.1, 0.15) is 5.82 Å². The molecule has 19 heavy (non-hydrogen) atoms. The van der Waals surface area contributed by atoms with E-state index in [0.717, 1.165) is 18.5 Å². The third-order valence-electron chi connectivity index (χ3n) is 4.05. The number of anilines is 1. The van der Waals surface area contributed by atoms with Crippen molar-refractivity contribution in [2.75, 3.05) is 11.9 Å². The van der Waals surface area contributed by atoms with Gasteiger partial charge in [-0.15, -0.1) is 0 Å². The van der Waals surface area contributed by atoms with Gasteiger partial charge >= 0.3 is 5.97 Å². The van der Waals surface area contributed by atoms with Crippen LogP contribution in [0.4, 0.5) is 10.1 Å². The lowest BCUT2D eigenvalue weighted by Gasteiger charge is -2.35. The van der Waals surface area contributed by atoms with Crippen LogP contribution in [0.1, 0.15) is 43.0 Å². The van der Waals surface area contributed by atoms with Gasteiger partial charge < -0.3 is 10.0 Å². The van der Waals surface area contributed by atoms with E-state index in [0.29, 0.717) is 12.0 Å². The van der Waals surface area contributed by atoms with Gasteiger partial charge in [0, 0.05) is 18.8 Å². The van der Waals surface area contributed by atoms with Crippen LogP contribution in [-0.4, -0.2) is 24.2 Å². The van der Waals surface area contributed by atoms with E-state index < -0.39 is 11.8 Å². The van der Waals surface area contributed by atoms with Gasteiger partial charge in [-0.1, -0.05) is 19.8 Å². The number of nitrogens with zero attached hydrogens (tertiary/aromatic N) is 1. The summed E-state index contributed by atoms with van der Waals surface area (Å²) in [7, 11) is 1.96. The van der Waals surface area contributed by atoms with E-state index in [1.54, 1.807) is 6.07 Å². The van der Waals surface area contributed by atoms with Crippen molar-refractivity contribution >= 4 is 11.7 Å². The van der Waals surface area contributed by atoms with Crippen LogP contribution in [0.5, 0.6) is 0 Å². The monoisotopic (exact) mass is 265 g/mol. The van der Waals surface area contributed by atoms with Gasteiger partial charge in [-0.25, -0.2) is 9.18 Å². The van der Waals surface area contributed by atoms with Gasteiger partial charge in [-0.3, -0.25) is 0 Å². The Morgan fingerprint density at radius 3 is 2.74 bits per heavy atom. The Morgan fingerprint density at radius 2 is 2.16 bits per heavy atom. The SMILES string of the molecule is CC1CCCC(N(C)c2ccc(C(=O)O)c(F)c2)C1. The molecule has 2 unspecified atom stereocenters. The van der Waals surface area contributed by atoms with Crippen molar-refractivity contribution in [2.24, 2.45) is 5.92 Å². The van der Waals surface area contributed by atoms with E-state index in [-0.39, 0.29) is 5.56 Å². The summed E-state index contributed by atoms with van der Waals surface area (Å²) in [6.07, 6.45) is 4.68. The minimum atomic E-state index is -1.22. The summed E-state index contributed by atoms with van der Waals surface area (Å²) in [5.74, 6) is -1.19. The first kappa shape index (κ1) is 13.8. The summed E-state index contributed by atoms with van der Waals surface area (Å²) in [4.78, 5) is 12.9. The molecule has 2 rings (SSSR count). The van der Waals surface area contributed by atoms with Crippen molar-refractivity contribution in [3.05, 3.63) is 29.6 Å². The summed E-state index contributed by atoms with van der Waals surface area (Å²) in [5.41, 5.74) is 0.482. The Labute approximate surface area is 113 Å². The second-order valence-corrected chi connectivity index (χ2v) is 5.51. The Hall–Kier alpha value is -1.58. The molecule has 3 nitrogen and oxygen atoms in total. The lowest BCUT2D eigenvalue weighted by atomic mass is 9.86. The molecule has 0 aromatic heterocycles. The van der Waals surface area contributed by atoms with Crippen LogP contribution in [-0.2, 0) is 0 Å². The van der Waals surface area contributed by atoms with Gasteiger partial charge in [0.15, 0.2) is 0 Å². The highest BCUT2D eigenvalue weighted by molar-refractivity contribution is 5.88. The van der Waals surface area contributed by atoms with Gasteiger partial charge in [-0.2, -0.15) is 0 Å². The fraction of sp³-hybridized carbons (Fsp3) is 0.533. The highest BCUT2D eigenvalue weighted by Crippen LogP contribution is 2.30. The van der Waals surface area contributed by atoms with E-state index >= 15 is 0 Å². The number of rotatable bonds is 3. The van der Waals surface area contributed by atoms with E-state index in [2.05, 4.69) is 11.8 Å². The quantitative estimate of drug-likeness (QED) is 0.908. The first-order valence-electron chi connectivity index (χ1n) is 6.74. The van der Waals surface area contributed by atoms with Crippen LogP contribution >= 0.6 is 0 Å². The number of halogens is 1. The van der Waals surface area contributed by atoms with Crippen molar-refractivity contribution < 1.29 is 14.3 Å². The minimum Gasteiger partial charge on any atom is -0.478 e. The normalized spacial score (nSPS) is 23.1. The Morgan fingerprint density at radius 1 is 1.42 bits per heavy atom. The largest absolute Gasteiger partial charge is 0.478 e. The summed E-state index contributed by atoms with van der Waals surface area (Å²) in [5, 5.41) is 8.82. The molecular formula is C15H20FNO2. The summed E-state index contributed by atoms with van der Waals surface area (Å²) < 4.78 is 13.7. The van der Waals surface area contributed by atoms with Crippen LogP contribution in [0.2, 0.25) is 0 Å². The molecule has 0 saturated heterocycles. The maximum absolute atomic E-state index is 13.7. The molecule has 4 heteroatoms. The highest BCUT2D eigenvalue weighted by atomic mass is 19.1. The van der Waals surface area contributed by atoms with Crippen LogP contribution in [0, 0.1) is 11.7 Å². The number of aromatic carboxylic acids is 1. The molecule has 0 bridgehead atoms. The first-order valence-corrected chi connectivity index (χ1v) is 6.74. The molecule has 1 fully saturated rings. The molecule has 1 aromatic rings. The molecular weight excluding hydrogens is 245 g/mol. The molecule has 0 radical (unpaired) electrons. The molecule has 1 aliphatic rings. The topological polar surface area (TPSA) is 40.5 Å². The van der Waals surface area contributed by atoms with Gasteiger partial charge in [-0.05, 0) is 37.0 Å². The molecule has 0 aliphatic heterocycles. The third-order valence-corrected chi connectivity index (χ3v) is 4.05. The maximum atomic E-state index is 13.7. The van der Waals surface area contributed by atoms with Crippen LogP contribution in [0.25, 0.3) is 0 Å². The number of hydrogen-bond donors (Lipinski definition) is 1. The fourth-order valence-electron chi connectivity index (χ4n) is 2.86. The first-order chi connectivity index (χ1) is 8.99. The van der Waals surface area contributed by atoms with E-state index in [1.165, 1.54) is 25.0 Å². The van der Waals surface area contributed by atoms with E-state index in [4.69, 9.17) is 5.11 Å². The van der Waals surface area contributed by atoms with Crippen molar-refractivity contribution in [1.82, 2.24) is 0 Å². The maximum Gasteiger partial charge on any atom is 0.338 e. The Kier molecular flexibility index (Phi) is 4.08. The Balaban J connectivity index is 2.17. The van der Waals surface area contributed by atoms with Crippen molar-refractivity contribution in [2.45, 2.75) is 38.6 Å². The average Bonchev–Trinajstić information content (AvgIpc) is 2.37. The second kappa shape index (κ2) is 5.59. The van der Waals surface area contributed by atoms with E-state index in [1.807, 2.05) is 7.05 Å². The van der Waals surface area contributed by atoms with E-state index in [9.17, 15) is 9.18 Å². The predicted molar refractivity (Wildman–Crippen MR) is 73.2 cm³/mol. The minimum absolute atomic E-state index is 0.269. The molecule has 1 aliphatic carbocycles. The molecule has 0 spiro atoms. The van der Waals surface area contributed by atoms with Gasteiger partial charge in [0.2, 0.25) is 0 Å². The standard InChI is InChI=1S/C15H20FNO2/c1-10-4-3-5-11(8-10)17(2)12-6-7-13(15(18)19)14(16)9-12/h6-7,9-11H,3-5,8H2,1-2H3,(H,18,19). The molecule has 1 saturated carbocycles. The lowest BCUT2D eigenvalue weighted by Crippen LogP contribution is -2.35. The number of carbonyl (C=O) groups is 1. The van der Waals surface area contributed by atoms with Crippen molar-refractivity contribution in [3.63, 3.8) is 0 Å². The summed E-state index contributed by atoms with van der Waals surface area (Å²) in [6.45, 7) is 2.24. The third kappa shape index (κ3) is 3.06. The fourth-order valence-corrected chi connectivity index (χ4v) is 2.86. The van der Waals surface area contributed by atoms with Crippen molar-refractivity contribution in [3.8, 4) is 0 Å². The number of carboxylic acid groups (broad SMARTS) is 1. The molecule has 2 atom stereocenters. The molecule has 104 valence electrons. The number of benzene rings is 1. The zero-order valence-corrected chi connectivity index (χ0v) is 11.4. The van der Waals surface area contributed by atoms with Gasteiger partial charge in [0.25, 0.3) is 0 Å². The average molecular weight is 265 g/mol.